The number of hydrogen-bond acceptors (Lipinski definition) is 4. The zero-order valence-corrected chi connectivity index (χ0v) is 12.1. The second-order valence-corrected chi connectivity index (χ2v) is 5.52. The SMILES string of the molecule is Cn1c(=O)ccn(CC(=O)NC2CCCCC2CO)c1=O. The van der Waals surface area contributed by atoms with Gasteiger partial charge in [0.2, 0.25) is 5.91 Å². The highest BCUT2D eigenvalue weighted by Crippen LogP contribution is 2.23. The van der Waals surface area contributed by atoms with E-state index in [0.717, 1.165) is 30.3 Å². The van der Waals surface area contributed by atoms with Crippen molar-refractivity contribution in [2.75, 3.05) is 6.61 Å². The van der Waals surface area contributed by atoms with Crippen molar-refractivity contribution in [3.05, 3.63) is 33.1 Å². The highest BCUT2D eigenvalue weighted by molar-refractivity contribution is 5.76. The Labute approximate surface area is 122 Å². The summed E-state index contributed by atoms with van der Waals surface area (Å²) in [5.41, 5.74) is -0.913. The van der Waals surface area contributed by atoms with Gasteiger partial charge < -0.3 is 10.4 Å². The van der Waals surface area contributed by atoms with Crippen LogP contribution in [0.3, 0.4) is 0 Å². The van der Waals surface area contributed by atoms with Crippen molar-refractivity contribution in [2.24, 2.45) is 13.0 Å². The molecule has 0 bridgehead atoms. The van der Waals surface area contributed by atoms with Crippen LogP contribution in [0.25, 0.3) is 0 Å². The fourth-order valence-electron chi connectivity index (χ4n) is 2.76. The van der Waals surface area contributed by atoms with Gasteiger partial charge in [-0.25, -0.2) is 4.79 Å². The smallest absolute Gasteiger partial charge is 0.331 e. The Hall–Kier alpha value is -1.89. The summed E-state index contributed by atoms with van der Waals surface area (Å²) in [5.74, 6) is -0.194. The quantitative estimate of drug-likeness (QED) is 0.761. The van der Waals surface area contributed by atoms with Gasteiger partial charge in [-0.3, -0.25) is 18.7 Å². The first kappa shape index (κ1) is 15.5. The van der Waals surface area contributed by atoms with Gasteiger partial charge in [0, 0.05) is 37.9 Å². The van der Waals surface area contributed by atoms with Crippen molar-refractivity contribution >= 4 is 5.91 Å². The van der Waals surface area contributed by atoms with Gasteiger partial charge in [0.15, 0.2) is 0 Å². The van der Waals surface area contributed by atoms with Gasteiger partial charge in [-0.05, 0) is 12.8 Å². The number of carbonyl (C=O) groups excluding carboxylic acids is 1. The molecular formula is C14H21N3O4. The second-order valence-electron chi connectivity index (χ2n) is 5.52. The molecule has 2 unspecified atom stereocenters. The molecule has 0 saturated heterocycles. The van der Waals surface area contributed by atoms with E-state index in [0.29, 0.717) is 0 Å². The summed E-state index contributed by atoms with van der Waals surface area (Å²) < 4.78 is 2.16. The molecular weight excluding hydrogens is 274 g/mol. The number of nitrogens with one attached hydrogen (secondary N) is 1. The topological polar surface area (TPSA) is 93.3 Å². The molecule has 21 heavy (non-hydrogen) atoms. The van der Waals surface area contributed by atoms with Crippen LogP contribution in [0.1, 0.15) is 25.7 Å². The van der Waals surface area contributed by atoms with Gasteiger partial charge in [-0.2, -0.15) is 0 Å². The van der Waals surface area contributed by atoms with Crippen LogP contribution in [0.2, 0.25) is 0 Å². The second kappa shape index (κ2) is 6.71. The zero-order valence-electron chi connectivity index (χ0n) is 12.1. The van der Waals surface area contributed by atoms with Crippen molar-refractivity contribution in [3.8, 4) is 0 Å². The zero-order chi connectivity index (χ0) is 15.4. The molecule has 1 aliphatic rings. The number of aromatic nitrogens is 2. The minimum Gasteiger partial charge on any atom is -0.396 e. The number of aliphatic hydroxyl groups excluding tert-OH is 1. The lowest BCUT2D eigenvalue weighted by Crippen LogP contribution is -2.46. The summed E-state index contributed by atoms with van der Waals surface area (Å²) in [6.07, 6.45) is 5.17. The Balaban J connectivity index is 2.03. The van der Waals surface area contributed by atoms with Crippen LogP contribution in [0.5, 0.6) is 0 Å². The number of rotatable bonds is 4. The van der Waals surface area contributed by atoms with E-state index < -0.39 is 11.2 Å². The van der Waals surface area contributed by atoms with E-state index in [1.54, 1.807) is 0 Å². The molecule has 0 spiro atoms. The van der Waals surface area contributed by atoms with E-state index in [2.05, 4.69) is 5.32 Å². The number of aliphatic hydroxyl groups is 1. The largest absolute Gasteiger partial charge is 0.396 e. The van der Waals surface area contributed by atoms with Crippen molar-refractivity contribution in [3.63, 3.8) is 0 Å². The molecule has 2 atom stereocenters. The van der Waals surface area contributed by atoms with Gasteiger partial charge >= 0.3 is 5.69 Å². The van der Waals surface area contributed by atoms with E-state index in [9.17, 15) is 19.5 Å². The minimum absolute atomic E-state index is 0.0421. The summed E-state index contributed by atoms with van der Waals surface area (Å²) in [7, 11) is 1.38. The number of hydrogen-bond donors (Lipinski definition) is 2. The van der Waals surface area contributed by atoms with Crippen LogP contribution >= 0.6 is 0 Å². The van der Waals surface area contributed by atoms with Crippen molar-refractivity contribution in [1.82, 2.24) is 14.5 Å². The fraction of sp³-hybridized carbons (Fsp3) is 0.643. The van der Waals surface area contributed by atoms with Crippen molar-refractivity contribution in [1.29, 1.82) is 0 Å². The van der Waals surface area contributed by atoms with Crippen molar-refractivity contribution in [2.45, 2.75) is 38.3 Å². The maximum absolute atomic E-state index is 12.1. The van der Waals surface area contributed by atoms with Gasteiger partial charge in [-0.1, -0.05) is 12.8 Å². The third-order valence-corrected chi connectivity index (χ3v) is 4.06. The molecule has 1 aromatic heterocycles. The van der Waals surface area contributed by atoms with Crippen LogP contribution < -0.4 is 16.6 Å². The first-order valence-electron chi connectivity index (χ1n) is 7.19. The van der Waals surface area contributed by atoms with Crippen LogP contribution in [-0.2, 0) is 18.4 Å². The lowest BCUT2D eigenvalue weighted by Gasteiger charge is -2.30. The molecule has 7 nitrogen and oxygen atoms in total. The summed E-state index contributed by atoms with van der Waals surface area (Å²) in [6.45, 7) is -0.0632. The Bertz CT molecular complexity index is 619. The summed E-state index contributed by atoms with van der Waals surface area (Å²) in [5, 5.41) is 12.2. The molecule has 7 heteroatoms. The lowest BCUT2D eigenvalue weighted by atomic mass is 9.85. The highest BCUT2D eigenvalue weighted by Gasteiger charge is 2.25. The molecule has 1 amide bonds. The minimum atomic E-state index is -0.514. The molecule has 1 heterocycles. The summed E-state index contributed by atoms with van der Waals surface area (Å²) >= 11 is 0. The molecule has 2 rings (SSSR count). The summed E-state index contributed by atoms with van der Waals surface area (Å²) in [6, 6.07) is 1.21. The predicted octanol–water partition coefficient (Wildman–Crippen LogP) is -0.786. The molecule has 0 radical (unpaired) electrons. The van der Waals surface area contributed by atoms with Crippen LogP contribution in [0.15, 0.2) is 21.9 Å². The Kier molecular flexibility index (Phi) is 4.95. The van der Waals surface area contributed by atoms with E-state index in [-0.39, 0.29) is 31.0 Å². The molecule has 116 valence electrons. The maximum atomic E-state index is 12.1. The van der Waals surface area contributed by atoms with Crippen LogP contribution in [0.4, 0.5) is 0 Å². The number of carbonyl (C=O) groups is 1. The van der Waals surface area contributed by atoms with E-state index in [1.807, 2.05) is 0 Å². The monoisotopic (exact) mass is 295 g/mol. The predicted molar refractivity (Wildman–Crippen MR) is 76.9 cm³/mol. The van der Waals surface area contributed by atoms with Crippen LogP contribution in [0, 0.1) is 5.92 Å². The Morgan fingerprint density at radius 2 is 2.10 bits per heavy atom. The van der Waals surface area contributed by atoms with E-state index >= 15 is 0 Å². The van der Waals surface area contributed by atoms with Gasteiger partial charge in [0.05, 0.1) is 0 Å². The number of nitrogens with zero attached hydrogens (tertiary/aromatic N) is 2. The Morgan fingerprint density at radius 3 is 2.81 bits per heavy atom. The molecule has 1 fully saturated rings. The molecule has 1 aliphatic carbocycles. The molecule has 2 N–H and O–H groups in total. The first-order chi connectivity index (χ1) is 10.0. The summed E-state index contributed by atoms with van der Waals surface area (Å²) in [4.78, 5) is 35.2. The first-order valence-corrected chi connectivity index (χ1v) is 7.19. The highest BCUT2D eigenvalue weighted by atomic mass is 16.3. The van der Waals surface area contributed by atoms with Gasteiger partial charge in [-0.15, -0.1) is 0 Å². The average molecular weight is 295 g/mol. The fourth-order valence-corrected chi connectivity index (χ4v) is 2.76. The standard InChI is InChI=1S/C14H21N3O4/c1-16-13(20)6-7-17(14(16)21)8-12(19)15-11-5-3-2-4-10(11)9-18/h6-7,10-11,18H,2-5,8-9H2,1H3,(H,15,19). The average Bonchev–Trinajstić information content (AvgIpc) is 2.48. The van der Waals surface area contributed by atoms with Gasteiger partial charge in [0.25, 0.3) is 5.56 Å². The molecule has 1 aromatic rings. The molecule has 0 aliphatic heterocycles. The normalized spacial score (nSPS) is 22.0. The third kappa shape index (κ3) is 3.60. The van der Waals surface area contributed by atoms with E-state index in [4.69, 9.17) is 0 Å². The molecule has 1 saturated carbocycles. The number of amides is 1. The third-order valence-electron chi connectivity index (χ3n) is 4.06. The maximum Gasteiger partial charge on any atom is 0.331 e. The van der Waals surface area contributed by atoms with Gasteiger partial charge in [0.1, 0.15) is 6.54 Å². The van der Waals surface area contributed by atoms with E-state index in [1.165, 1.54) is 23.9 Å². The lowest BCUT2D eigenvalue weighted by molar-refractivity contribution is -0.123. The van der Waals surface area contributed by atoms with Crippen LogP contribution in [-0.4, -0.2) is 32.8 Å². The van der Waals surface area contributed by atoms with Crippen molar-refractivity contribution < 1.29 is 9.90 Å². The Morgan fingerprint density at radius 1 is 1.38 bits per heavy atom. The molecule has 0 aromatic carbocycles.